The second kappa shape index (κ2) is 7.14. The molecule has 0 unspecified atom stereocenters. The first-order valence-electron chi connectivity index (χ1n) is 6.94. The van der Waals surface area contributed by atoms with Gasteiger partial charge < -0.3 is 10.6 Å². The van der Waals surface area contributed by atoms with Crippen LogP contribution >= 0.6 is 11.6 Å². The number of benzene rings is 2. The molecule has 0 heterocycles. The molecule has 0 fully saturated rings. The molecule has 110 valence electrons. The Morgan fingerprint density at radius 3 is 2.38 bits per heavy atom. The van der Waals surface area contributed by atoms with Gasteiger partial charge in [-0.05, 0) is 35.2 Å². The van der Waals surface area contributed by atoms with E-state index in [-0.39, 0.29) is 6.03 Å². The second-order valence-electron chi connectivity index (χ2n) is 5.18. The Morgan fingerprint density at radius 1 is 1.10 bits per heavy atom. The van der Waals surface area contributed by atoms with Crippen molar-refractivity contribution in [3.63, 3.8) is 0 Å². The number of nitrogens with one attached hydrogen (secondary N) is 2. The van der Waals surface area contributed by atoms with E-state index in [0.717, 1.165) is 11.3 Å². The average Bonchev–Trinajstić information content (AvgIpc) is 2.47. The minimum Gasteiger partial charge on any atom is -0.334 e. The molecule has 3 nitrogen and oxygen atoms in total. The minimum atomic E-state index is -0.243. The summed E-state index contributed by atoms with van der Waals surface area (Å²) in [5.41, 5.74) is 2.91. The normalized spacial score (nSPS) is 10.5. The number of carbonyl (C=O) groups excluding carboxylic acids is 1. The topological polar surface area (TPSA) is 41.1 Å². The third-order valence-corrected chi connectivity index (χ3v) is 3.60. The highest BCUT2D eigenvalue weighted by atomic mass is 35.5. The number of urea groups is 1. The summed E-state index contributed by atoms with van der Waals surface area (Å²) in [5, 5.41) is 6.25. The third-order valence-electron chi connectivity index (χ3n) is 3.23. The molecule has 2 aromatic rings. The molecule has 0 radical (unpaired) electrons. The number of amides is 2. The second-order valence-corrected chi connectivity index (χ2v) is 5.58. The van der Waals surface area contributed by atoms with E-state index in [1.807, 2.05) is 42.5 Å². The Balaban J connectivity index is 1.88. The highest BCUT2D eigenvalue weighted by Crippen LogP contribution is 2.17. The first kappa shape index (κ1) is 15.4. The largest absolute Gasteiger partial charge is 0.334 e. The molecule has 21 heavy (non-hydrogen) atoms. The third kappa shape index (κ3) is 4.50. The first-order valence-corrected chi connectivity index (χ1v) is 7.32. The maximum atomic E-state index is 11.9. The molecule has 0 bridgehead atoms. The fourth-order valence-corrected chi connectivity index (χ4v) is 2.15. The van der Waals surface area contributed by atoms with Crippen molar-refractivity contribution in [1.82, 2.24) is 5.32 Å². The van der Waals surface area contributed by atoms with Crippen molar-refractivity contribution in [3.05, 3.63) is 64.7 Å². The van der Waals surface area contributed by atoms with Crippen LogP contribution in [0.4, 0.5) is 10.5 Å². The van der Waals surface area contributed by atoms with E-state index in [0.29, 0.717) is 17.5 Å². The van der Waals surface area contributed by atoms with Crippen molar-refractivity contribution in [2.24, 2.45) is 0 Å². The van der Waals surface area contributed by atoms with E-state index in [1.165, 1.54) is 5.56 Å². The first-order chi connectivity index (χ1) is 10.1. The van der Waals surface area contributed by atoms with Gasteiger partial charge in [-0.3, -0.25) is 0 Å². The summed E-state index contributed by atoms with van der Waals surface area (Å²) < 4.78 is 0. The van der Waals surface area contributed by atoms with Crippen molar-refractivity contribution in [3.8, 4) is 0 Å². The van der Waals surface area contributed by atoms with Gasteiger partial charge in [0.2, 0.25) is 0 Å². The molecule has 0 saturated heterocycles. The smallest absolute Gasteiger partial charge is 0.319 e. The van der Waals surface area contributed by atoms with Crippen molar-refractivity contribution < 1.29 is 4.79 Å². The molecule has 0 aliphatic rings. The lowest BCUT2D eigenvalue weighted by Crippen LogP contribution is -2.28. The van der Waals surface area contributed by atoms with E-state index < -0.39 is 0 Å². The van der Waals surface area contributed by atoms with Crippen molar-refractivity contribution in [2.75, 3.05) is 5.32 Å². The molecule has 2 rings (SSSR count). The Morgan fingerprint density at radius 2 is 1.76 bits per heavy atom. The van der Waals surface area contributed by atoms with Gasteiger partial charge in [0.05, 0.1) is 0 Å². The summed E-state index contributed by atoms with van der Waals surface area (Å²) in [6.07, 6.45) is 0. The van der Waals surface area contributed by atoms with Gasteiger partial charge in [0.15, 0.2) is 0 Å². The Labute approximate surface area is 130 Å². The van der Waals surface area contributed by atoms with E-state index in [9.17, 15) is 4.79 Å². The quantitative estimate of drug-likeness (QED) is 0.838. The highest BCUT2D eigenvalue weighted by molar-refractivity contribution is 6.31. The summed E-state index contributed by atoms with van der Waals surface area (Å²) in [6.45, 7) is 4.67. The Bertz CT molecular complexity index is 608. The van der Waals surface area contributed by atoms with Gasteiger partial charge in [0.1, 0.15) is 0 Å². The SMILES string of the molecule is CC(C)c1ccc(NC(=O)NCc2ccccc2Cl)cc1. The van der Waals surface area contributed by atoms with Gasteiger partial charge in [0.25, 0.3) is 0 Å². The van der Waals surface area contributed by atoms with Crippen LogP contribution in [0.25, 0.3) is 0 Å². The van der Waals surface area contributed by atoms with Crippen LogP contribution in [0.15, 0.2) is 48.5 Å². The molecule has 2 amide bonds. The standard InChI is InChI=1S/C17H19ClN2O/c1-12(2)13-7-9-15(10-8-13)20-17(21)19-11-14-5-3-4-6-16(14)18/h3-10,12H,11H2,1-2H3,(H2,19,20,21). The number of hydrogen-bond acceptors (Lipinski definition) is 1. The Hall–Kier alpha value is -2.00. The molecule has 2 N–H and O–H groups in total. The fourth-order valence-electron chi connectivity index (χ4n) is 1.94. The monoisotopic (exact) mass is 302 g/mol. The van der Waals surface area contributed by atoms with E-state index in [4.69, 9.17) is 11.6 Å². The number of hydrogen-bond donors (Lipinski definition) is 2. The molecular weight excluding hydrogens is 284 g/mol. The molecule has 0 atom stereocenters. The summed E-state index contributed by atoms with van der Waals surface area (Å²) in [6, 6.07) is 15.1. The van der Waals surface area contributed by atoms with Gasteiger partial charge in [-0.25, -0.2) is 4.79 Å². The molecule has 0 aliphatic carbocycles. The molecule has 0 aromatic heterocycles. The van der Waals surface area contributed by atoms with Gasteiger partial charge in [-0.2, -0.15) is 0 Å². The predicted octanol–water partition coefficient (Wildman–Crippen LogP) is 4.79. The molecular formula is C17H19ClN2O. The van der Waals surface area contributed by atoms with Crippen LogP contribution in [0.5, 0.6) is 0 Å². The van der Waals surface area contributed by atoms with Crippen LogP contribution in [0.2, 0.25) is 5.02 Å². The van der Waals surface area contributed by atoms with Crippen LogP contribution in [0.1, 0.15) is 30.9 Å². The molecule has 0 aliphatic heterocycles. The van der Waals surface area contributed by atoms with Crippen molar-refractivity contribution >= 4 is 23.3 Å². The summed E-state index contributed by atoms with van der Waals surface area (Å²) in [7, 11) is 0. The zero-order valence-electron chi connectivity index (χ0n) is 12.2. The lowest BCUT2D eigenvalue weighted by molar-refractivity contribution is 0.251. The van der Waals surface area contributed by atoms with Crippen LogP contribution in [0.3, 0.4) is 0 Å². The van der Waals surface area contributed by atoms with Crippen molar-refractivity contribution in [2.45, 2.75) is 26.3 Å². The van der Waals surface area contributed by atoms with E-state index in [2.05, 4.69) is 24.5 Å². The summed E-state index contributed by atoms with van der Waals surface area (Å²) in [5.74, 6) is 0.480. The predicted molar refractivity (Wildman–Crippen MR) is 87.8 cm³/mol. The van der Waals surface area contributed by atoms with Crippen LogP contribution in [-0.4, -0.2) is 6.03 Å². The van der Waals surface area contributed by atoms with Gasteiger partial charge in [0, 0.05) is 17.3 Å². The van der Waals surface area contributed by atoms with E-state index in [1.54, 1.807) is 6.07 Å². The molecule has 0 spiro atoms. The van der Waals surface area contributed by atoms with Gasteiger partial charge >= 0.3 is 6.03 Å². The molecule has 0 saturated carbocycles. The van der Waals surface area contributed by atoms with Gasteiger partial charge in [-0.1, -0.05) is 55.8 Å². The Kier molecular flexibility index (Phi) is 5.23. The number of rotatable bonds is 4. The van der Waals surface area contributed by atoms with Crippen LogP contribution in [-0.2, 0) is 6.54 Å². The van der Waals surface area contributed by atoms with Gasteiger partial charge in [-0.15, -0.1) is 0 Å². The summed E-state index contributed by atoms with van der Waals surface area (Å²) in [4.78, 5) is 11.9. The van der Waals surface area contributed by atoms with Crippen LogP contribution in [0, 0.1) is 0 Å². The number of anilines is 1. The lowest BCUT2D eigenvalue weighted by atomic mass is 10.0. The maximum Gasteiger partial charge on any atom is 0.319 e. The number of carbonyl (C=O) groups is 1. The zero-order valence-corrected chi connectivity index (χ0v) is 12.9. The van der Waals surface area contributed by atoms with Crippen LogP contribution < -0.4 is 10.6 Å². The average molecular weight is 303 g/mol. The van der Waals surface area contributed by atoms with E-state index >= 15 is 0 Å². The number of halogens is 1. The molecule has 4 heteroatoms. The zero-order chi connectivity index (χ0) is 15.2. The lowest BCUT2D eigenvalue weighted by Gasteiger charge is -2.10. The molecule has 2 aromatic carbocycles. The highest BCUT2D eigenvalue weighted by Gasteiger charge is 2.04. The van der Waals surface area contributed by atoms with Crippen molar-refractivity contribution in [1.29, 1.82) is 0 Å². The fraction of sp³-hybridized carbons (Fsp3) is 0.235. The minimum absolute atomic E-state index is 0.243. The summed E-state index contributed by atoms with van der Waals surface area (Å²) >= 11 is 6.04. The maximum absolute atomic E-state index is 11.9.